The van der Waals surface area contributed by atoms with E-state index in [0.717, 1.165) is 75.7 Å². The molecule has 0 aliphatic heterocycles. The van der Waals surface area contributed by atoms with Crippen LogP contribution in [0.4, 0.5) is 0 Å². The fourth-order valence-electron chi connectivity index (χ4n) is 5.70. The molecule has 0 fully saturated rings. The third-order valence-corrected chi connectivity index (χ3v) is 10.3. The van der Waals surface area contributed by atoms with Crippen LogP contribution in [0.15, 0.2) is 65.2 Å². The number of likely N-dealkylation sites (N-methyl/N-ethyl adjacent to an activating group) is 1. The van der Waals surface area contributed by atoms with Crippen molar-refractivity contribution in [1.29, 1.82) is 0 Å². The van der Waals surface area contributed by atoms with Gasteiger partial charge >= 0.3 is 11.9 Å². The monoisotopic (exact) mass is 834 g/mol. The van der Waals surface area contributed by atoms with Gasteiger partial charge in [-0.15, -0.1) is 0 Å². The van der Waals surface area contributed by atoms with Gasteiger partial charge in [-0.1, -0.05) is 100 Å². The van der Waals surface area contributed by atoms with E-state index in [2.05, 4.69) is 39.8 Å². The summed E-state index contributed by atoms with van der Waals surface area (Å²) >= 11 is 0. The molecule has 0 radical (unpaired) electrons. The van der Waals surface area contributed by atoms with E-state index in [0.29, 0.717) is 43.1 Å². The summed E-state index contributed by atoms with van der Waals surface area (Å²) in [5.41, 5.74) is 2.56. The van der Waals surface area contributed by atoms with Crippen molar-refractivity contribution in [3.63, 3.8) is 0 Å². The van der Waals surface area contributed by atoms with E-state index in [-0.39, 0.29) is 26.1 Å². The minimum Gasteiger partial charge on any atom is -0.756 e. The Balaban J connectivity index is 2.45. The van der Waals surface area contributed by atoms with Gasteiger partial charge in [-0.2, -0.15) is 0 Å². The number of carbonyl (C=O) groups is 2. The van der Waals surface area contributed by atoms with Crippen molar-refractivity contribution in [3.05, 3.63) is 83.4 Å². The van der Waals surface area contributed by atoms with E-state index in [1.807, 2.05) is 63.7 Å². The van der Waals surface area contributed by atoms with Gasteiger partial charge in [0, 0.05) is 25.7 Å². The molecule has 11 nitrogen and oxygen atoms in total. The molecule has 1 aromatic rings. The second-order valence-corrected chi connectivity index (χ2v) is 17.2. The molecule has 330 valence electrons. The molecule has 2 unspecified atom stereocenters. The van der Waals surface area contributed by atoms with Crippen molar-refractivity contribution < 1.29 is 51.6 Å². The molecule has 1 rings (SSSR count). The minimum atomic E-state index is -4.67. The van der Waals surface area contributed by atoms with Crippen molar-refractivity contribution in [2.75, 3.05) is 47.5 Å². The van der Waals surface area contributed by atoms with Gasteiger partial charge in [0.1, 0.15) is 31.3 Å². The smallest absolute Gasteiger partial charge is 0.306 e. The Kier molecular flexibility index (Phi) is 29.1. The normalized spacial score (nSPS) is 14.7. The molecule has 0 aliphatic carbocycles. The number of allylic oxidation sites excluding steroid dienone is 8. The number of carbonyl (C=O) groups excluding carboxylic acids is 2. The number of quaternary nitrogens is 1. The first-order chi connectivity index (χ1) is 27.7. The maximum Gasteiger partial charge on any atom is 0.306 e. The highest BCUT2D eigenvalue weighted by Gasteiger charge is 2.22. The number of hydrogen-bond donors (Lipinski definition) is 1. The number of nitrogens with zero attached hydrogens (tertiary/aromatic N) is 1. The summed E-state index contributed by atoms with van der Waals surface area (Å²) in [6, 6.07) is 0. The predicted octanol–water partition coefficient (Wildman–Crippen LogP) is 9.68. The van der Waals surface area contributed by atoms with E-state index in [9.17, 15) is 24.2 Å². The van der Waals surface area contributed by atoms with Crippen molar-refractivity contribution in [3.8, 4) is 0 Å². The Bertz CT molecular complexity index is 1470. The molecule has 3 atom stereocenters. The SMILES string of the molecule is CC/C=C\C/C=C\CC(O)/C=C/C=C\C/C=C\CCCC(=O)O[C@H](COC(=O)CCCCCCCCc1oc(CCC)c(C)c1C)COP(=O)([O-])OCC[N+](C)(C)C. The van der Waals surface area contributed by atoms with Crippen LogP contribution in [0, 0.1) is 13.8 Å². The summed E-state index contributed by atoms with van der Waals surface area (Å²) < 4.78 is 39.9. The molecule has 0 saturated heterocycles. The molecule has 1 aromatic heterocycles. The van der Waals surface area contributed by atoms with E-state index in [1.165, 1.54) is 11.1 Å². The first-order valence-electron chi connectivity index (χ1n) is 21.5. The Morgan fingerprint density at radius 3 is 2.12 bits per heavy atom. The standard InChI is InChI=1S/C46H76NO10P/c1-8-10-11-12-19-24-30-41(48)31-25-20-15-13-14-16-23-28-34-46(50)56-42(38-55-58(51,52)54-36-35-47(5,6)7)37-53-45(49)33-27-22-18-17-21-26-32-44-40(4)39(3)43(57-44)29-9-2/h10-11,14-16,19-20,24-25,31,41-42,48H,8-9,12-13,17-18,21-23,26-30,32-38H2,1-7H3/b11-10-,16-14-,20-15-,24-19-,31-25+/t41?,42-/m1/s1. The largest absolute Gasteiger partial charge is 0.756 e. The van der Waals surface area contributed by atoms with E-state index >= 15 is 0 Å². The highest BCUT2D eigenvalue weighted by molar-refractivity contribution is 7.45. The van der Waals surface area contributed by atoms with Crippen LogP contribution in [0.5, 0.6) is 0 Å². The summed E-state index contributed by atoms with van der Waals surface area (Å²) in [5, 5.41) is 10.0. The Morgan fingerprint density at radius 2 is 1.41 bits per heavy atom. The number of hydrogen-bond acceptors (Lipinski definition) is 10. The average Bonchev–Trinajstić information content (AvgIpc) is 3.43. The third kappa shape index (κ3) is 28.4. The number of aliphatic hydroxyl groups excluding tert-OH is 1. The predicted molar refractivity (Wildman–Crippen MR) is 231 cm³/mol. The number of aryl methyl sites for hydroxylation is 2. The van der Waals surface area contributed by atoms with Crippen LogP contribution < -0.4 is 4.89 Å². The van der Waals surface area contributed by atoms with Crippen LogP contribution in [-0.4, -0.2) is 81.2 Å². The second kappa shape index (κ2) is 31.8. The molecule has 58 heavy (non-hydrogen) atoms. The quantitative estimate of drug-likeness (QED) is 0.0178. The van der Waals surface area contributed by atoms with Crippen molar-refractivity contribution >= 4 is 19.8 Å². The summed E-state index contributed by atoms with van der Waals surface area (Å²) in [4.78, 5) is 37.6. The average molecular weight is 834 g/mol. The lowest BCUT2D eigenvalue weighted by atomic mass is 10.0. The van der Waals surface area contributed by atoms with Gasteiger partial charge in [0.15, 0.2) is 6.10 Å². The van der Waals surface area contributed by atoms with Crippen molar-refractivity contribution in [2.45, 2.75) is 149 Å². The molecule has 0 saturated carbocycles. The number of furan rings is 1. The first-order valence-corrected chi connectivity index (χ1v) is 22.9. The van der Waals surface area contributed by atoms with Crippen LogP contribution in [0.3, 0.4) is 0 Å². The molecule has 12 heteroatoms. The number of phosphoric acid groups is 1. The lowest BCUT2D eigenvalue weighted by molar-refractivity contribution is -0.870. The lowest BCUT2D eigenvalue weighted by Gasteiger charge is -2.28. The molecule has 0 amide bonds. The number of rotatable bonds is 34. The first kappa shape index (κ1) is 53.0. The number of phosphoric ester groups is 1. The highest BCUT2D eigenvalue weighted by atomic mass is 31.2. The van der Waals surface area contributed by atoms with E-state index < -0.39 is 38.6 Å². The maximum atomic E-state index is 12.7. The number of ether oxygens (including phenoxy) is 2. The molecule has 0 bridgehead atoms. The minimum absolute atomic E-state index is 0.0640. The van der Waals surface area contributed by atoms with Crippen LogP contribution in [0.25, 0.3) is 0 Å². The molecule has 0 spiro atoms. The van der Waals surface area contributed by atoms with Gasteiger partial charge < -0.3 is 37.4 Å². The van der Waals surface area contributed by atoms with Crippen LogP contribution in [0.2, 0.25) is 0 Å². The lowest BCUT2D eigenvalue weighted by Crippen LogP contribution is -2.37. The summed E-state index contributed by atoms with van der Waals surface area (Å²) in [7, 11) is 1.05. The fourth-order valence-corrected chi connectivity index (χ4v) is 6.43. The van der Waals surface area contributed by atoms with Crippen LogP contribution in [-0.2, 0) is 45.5 Å². The molecule has 1 N–H and O–H groups in total. The van der Waals surface area contributed by atoms with Gasteiger partial charge in [-0.05, 0) is 82.8 Å². The van der Waals surface area contributed by atoms with E-state index in [1.54, 1.807) is 6.08 Å². The fraction of sp³-hybridized carbons (Fsp3) is 0.652. The van der Waals surface area contributed by atoms with Gasteiger partial charge in [0.05, 0.1) is 33.9 Å². The van der Waals surface area contributed by atoms with E-state index in [4.69, 9.17) is 22.9 Å². The number of aliphatic hydroxyl groups is 1. The maximum absolute atomic E-state index is 12.7. The van der Waals surface area contributed by atoms with Gasteiger partial charge in [-0.3, -0.25) is 14.2 Å². The summed E-state index contributed by atoms with van der Waals surface area (Å²) in [6.45, 7) is 8.08. The van der Waals surface area contributed by atoms with Crippen LogP contribution in [0.1, 0.15) is 133 Å². The third-order valence-electron chi connectivity index (χ3n) is 9.31. The summed E-state index contributed by atoms with van der Waals surface area (Å²) in [5.74, 6) is 1.24. The van der Waals surface area contributed by atoms with Crippen LogP contribution >= 0.6 is 7.82 Å². The number of unbranched alkanes of at least 4 members (excludes halogenated alkanes) is 6. The zero-order valence-electron chi connectivity index (χ0n) is 36.8. The van der Waals surface area contributed by atoms with Gasteiger partial charge in [0.2, 0.25) is 0 Å². The zero-order chi connectivity index (χ0) is 43.1. The molecule has 0 aromatic carbocycles. The Hall–Kier alpha value is -3.05. The zero-order valence-corrected chi connectivity index (χ0v) is 37.7. The molecule has 1 heterocycles. The molecular weight excluding hydrogens is 757 g/mol. The molecular formula is C46H76NO10P. The topological polar surface area (TPSA) is 145 Å². The summed E-state index contributed by atoms with van der Waals surface area (Å²) in [6.07, 6.45) is 31.5. The second-order valence-electron chi connectivity index (χ2n) is 15.8. The number of esters is 2. The Labute approximate surface area is 350 Å². The van der Waals surface area contributed by atoms with Gasteiger partial charge in [-0.25, -0.2) is 0 Å². The van der Waals surface area contributed by atoms with Crippen molar-refractivity contribution in [1.82, 2.24) is 0 Å². The van der Waals surface area contributed by atoms with Gasteiger partial charge in [0.25, 0.3) is 7.82 Å². The van der Waals surface area contributed by atoms with Crippen molar-refractivity contribution in [2.24, 2.45) is 0 Å². The highest BCUT2D eigenvalue weighted by Crippen LogP contribution is 2.38. The molecule has 0 aliphatic rings. The Morgan fingerprint density at radius 1 is 0.776 bits per heavy atom.